The van der Waals surface area contributed by atoms with Crippen LogP contribution in [0.3, 0.4) is 0 Å². The van der Waals surface area contributed by atoms with Crippen molar-refractivity contribution in [2.75, 3.05) is 6.54 Å². The summed E-state index contributed by atoms with van der Waals surface area (Å²) < 4.78 is 2.13. The topological polar surface area (TPSA) is 63.1 Å². The minimum Gasteiger partial charge on any atom is -0.331 e. The SMILES string of the molecule is CC(C)N(C[C@@H]1C[C@H]1C)C(=O)NCc1nnc2n1CCC2. The molecule has 2 atom stereocenters. The number of nitrogens with one attached hydrogen (secondary N) is 1. The lowest BCUT2D eigenvalue weighted by Gasteiger charge is -2.27. The quantitative estimate of drug-likeness (QED) is 0.899. The van der Waals surface area contributed by atoms with E-state index in [2.05, 4.69) is 40.9 Å². The van der Waals surface area contributed by atoms with Crippen LogP contribution >= 0.6 is 0 Å². The lowest BCUT2D eigenvalue weighted by molar-refractivity contribution is 0.178. The molecule has 3 rings (SSSR count). The molecule has 21 heavy (non-hydrogen) atoms. The number of carbonyl (C=O) groups is 1. The summed E-state index contributed by atoms with van der Waals surface area (Å²) in [6.07, 6.45) is 3.37. The molecule has 0 saturated heterocycles. The molecule has 1 saturated carbocycles. The predicted octanol–water partition coefficient (Wildman–Crippen LogP) is 1.80. The van der Waals surface area contributed by atoms with Crippen LogP contribution in [0.4, 0.5) is 4.79 Å². The van der Waals surface area contributed by atoms with Gasteiger partial charge in [0.1, 0.15) is 5.82 Å². The summed E-state index contributed by atoms with van der Waals surface area (Å²) in [6.45, 7) is 8.70. The number of fused-ring (bicyclic) bond motifs is 1. The van der Waals surface area contributed by atoms with Crippen LogP contribution < -0.4 is 5.32 Å². The second-order valence-electron chi connectivity index (χ2n) is 6.67. The van der Waals surface area contributed by atoms with E-state index in [-0.39, 0.29) is 12.1 Å². The van der Waals surface area contributed by atoms with Gasteiger partial charge in [-0.3, -0.25) is 0 Å². The third-order valence-electron chi connectivity index (χ3n) is 4.68. The van der Waals surface area contributed by atoms with Crippen LogP contribution in [0.5, 0.6) is 0 Å². The van der Waals surface area contributed by atoms with Gasteiger partial charge in [-0.05, 0) is 38.5 Å². The van der Waals surface area contributed by atoms with Crippen molar-refractivity contribution in [2.45, 2.75) is 59.2 Å². The molecule has 2 aliphatic rings. The summed E-state index contributed by atoms with van der Waals surface area (Å²) in [7, 11) is 0. The molecule has 116 valence electrons. The first-order chi connectivity index (χ1) is 10.1. The van der Waals surface area contributed by atoms with Crippen molar-refractivity contribution >= 4 is 6.03 Å². The zero-order valence-corrected chi connectivity index (χ0v) is 13.2. The average Bonchev–Trinajstić information content (AvgIpc) is 2.85. The maximum atomic E-state index is 12.4. The van der Waals surface area contributed by atoms with Gasteiger partial charge in [-0.2, -0.15) is 0 Å². The molecule has 0 unspecified atom stereocenters. The Bertz CT molecular complexity index is 524. The molecule has 1 aliphatic heterocycles. The Labute approximate surface area is 125 Å². The fourth-order valence-corrected chi connectivity index (χ4v) is 3.03. The fraction of sp³-hybridized carbons (Fsp3) is 0.800. The Balaban J connectivity index is 1.56. The molecule has 2 amide bonds. The molecule has 1 aromatic rings. The summed E-state index contributed by atoms with van der Waals surface area (Å²) in [4.78, 5) is 14.3. The molecule has 0 spiro atoms. The van der Waals surface area contributed by atoms with E-state index in [0.717, 1.165) is 43.5 Å². The first kappa shape index (κ1) is 14.4. The van der Waals surface area contributed by atoms with E-state index >= 15 is 0 Å². The lowest BCUT2D eigenvalue weighted by atomic mass is 10.2. The van der Waals surface area contributed by atoms with Crippen molar-refractivity contribution in [3.05, 3.63) is 11.6 Å². The molecule has 1 aromatic heterocycles. The molecule has 1 fully saturated rings. The van der Waals surface area contributed by atoms with Gasteiger partial charge < -0.3 is 14.8 Å². The van der Waals surface area contributed by atoms with Gasteiger partial charge in [0.15, 0.2) is 5.82 Å². The van der Waals surface area contributed by atoms with E-state index in [4.69, 9.17) is 0 Å². The second-order valence-corrected chi connectivity index (χ2v) is 6.67. The van der Waals surface area contributed by atoms with E-state index in [1.165, 1.54) is 6.42 Å². The molecule has 6 nitrogen and oxygen atoms in total. The Hall–Kier alpha value is -1.59. The molecule has 2 heterocycles. The van der Waals surface area contributed by atoms with Gasteiger partial charge in [0.25, 0.3) is 0 Å². The van der Waals surface area contributed by atoms with Gasteiger partial charge in [0.2, 0.25) is 0 Å². The van der Waals surface area contributed by atoms with Crippen LogP contribution in [0, 0.1) is 11.8 Å². The molecule has 0 bridgehead atoms. The normalized spacial score (nSPS) is 23.2. The van der Waals surface area contributed by atoms with E-state index in [9.17, 15) is 4.79 Å². The number of hydrogen-bond donors (Lipinski definition) is 1. The van der Waals surface area contributed by atoms with Gasteiger partial charge >= 0.3 is 6.03 Å². The van der Waals surface area contributed by atoms with Crippen LogP contribution in [-0.2, 0) is 19.5 Å². The minimum atomic E-state index is 0.0134. The molecule has 6 heteroatoms. The van der Waals surface area contributed by atoms with Gasteiger partial charge in [0, 0.05) is 25.6 Å². The maximum absolute atomic E-state index is 12.4. The summed E-state index contributed by atoms with van der Waals surface area (Å²) in [6, 6.07) is 0.237. The third kappa shape index (κ3) is 3.04. The Morgan fingerprint density at radius 2 is 2.24 bits per heavy atom. The van der Waals surface area contributed by atoms with E-state index in [0.29, 0.717) is 12.5 Å². The standard InChI is InChI=1S/C15H25N5O/c1-10(2)20(9-12-7-11(12)3)15(21)16-8-14-18-17-13-5-4-6-19(13)14/h10-12H,4-9H2,1-3H3,(H,16,21)/t11-,12+/m1/s1. The smallest absolute Gasteiger partial charge is 0.318 e. The first-order valence-corrected chi connectivity index (χ1v) is 8.01. The third-order valence-corrected chi connectivity index (χ3v) is 4.68. The maximum Gasteiger partial charge on any atom is 0.318 e. The Morgan fingerprint density at radius 3 is 2.90 bits per heavy atom. The zero-order valence-electron chi connectivity index (χ0n) is 13.2. The Morgan fingerprint density at radius 1 is 1.48 bits per heavy atom. The largest absolute Gasteiger partial charge is 0.331 e. The van der Waals surface area contributed by atoms with Crippen LogP contribution in [0.15, 0.2) is 0 Å². The number of urea groups is 1. The molecule has 1 aliphatic carbocycles. The average molecular weight is 291 g/mol. The van der Waals surface area contributed by atoms with Crippen molar-refractivity contribution in [1.29, 1.82) is 0 Å². The Kier molecular flexibility index (Phi) is 3.87. The van der Waals surface area contributed by atoms with Crippen molar-refractivity contribution in [1.82, 2.24) is 25.0 Å². The van der Waals surface area contributed by atoms with E-state index < -0.39 is 0 Å². The van der Waals surface area contributed by atoms with Crippen molar-refractivity contribution < 1.29 is 4.79 Å². The summed E-state index contributed by atoms with van der Waals surface area (Å²) in [5.41, 5.74) is 0. The summed E-state index contributed by atoms with van der Waals surface area (Å²) in [5, 5.41) is 11.4. The first-order valence-electron chi connectivity index (χ1n) is 8.01. The highest BCUT2D eigenvalue weighted by Gasteiger charge is 2.35. The van der Waals surface area contributed by atoms with Crippen LogP contribution in [0.2, 0.25) is 0 Å². The second kappa shape index (κ2) is 5.66. The van der Waals surface area contributed by atoms with Crippen molar-refractivity contribution in [2.24, 2.45) is 11.8 Å². The van der Waals surface area contributed by atoms with Crippen LogP contribution in [-0.4, -0.2) is 38.3 Å². The fourth-order valence-electron chi connectivity index (χ4n) is 3.03. The van der Waals surface area contributed by atoms with Gasteiger partial charge in [-0.15, -0.1) is 10.2 Å². The number of hydrogen-bond acceptors (Lipinski definition) is 3. The molecular formula is C15H25N5O. The highest BCUT2D eigenvalue weighted by atomic mass is 16.2. The molecule has 1 N–H and O–H groups in total. The monoisotopic (exact) mass is 291 g/mol. The molecule has 0 aromatic carbocycles. The highest BCUT2D eigenvalue weighted by Crippen LogP contribution is 2.38. The number of rotatable bonds is 5. The summed E-state index contributed by atoms with van der Waals surface area (Å²) in [5.74, 6) is 3.36. The van der Waals surface area contributed by atoms with Crippen LogP contribution in [0.25, 0.3) is 0 Å². The summed E-state index contributed by atoms with van der Waals surface area (Å²) >= 11 is 0. The van der Waals surface area contributed by atoms with Gasteiger partial charge in [-0.1, -0.05) is 6.92 Å². The number of nitrogens with zero attached hydrogens (tertiary/aromatic N) is 4. The molecule has 0 radical (unpaired) electrons. The van der Waals surface area contributed by atoms with Gasteiger partial charge in [0.05, 0.1) is 6.54 Å². The number of aryl methyl sites for hydroxylation is 1. The highest BCUT2D eigenvalue weighted by molar-refractivity contribution is 5.74. The predicted molar refractivity (Wildman–Crippen MR) is 79.7 cm³/mol. The van der Waals surface area contributed by atoms with E-state index in [1.54, 1.807) is 0 Å². The van der Waals surface area contributed by atoms with Crippen LogP contribution in [0.1, 0.15) is 45.3 Å². The van der Waals surface area contributed by atoms with Crippen molar-refractivity contribution in [3.8, 4) is 0 Å². The van der Waals surface area contributed by atoms with Gasteiger partial charge in [-0.25, -0.2) is 4.79 Å². The zero-order chi connectivity index (χ0) is 15.0. The number of carbonyl (C=O) groups excluding carboxylic acids is 1. The van der Waals surface area contributed by atoms with Crippen molar-refractivity contribution in [3.63, 3.8) is 0 Å². The van der Waals surface area contributed by atoms with E-state index in [1.807, 2.05) is 4.90 Å². The minimum absolute atomic E-state index is 0.0134. The number of aromatic nitrogens is 3. The number of amides is 2. The lowest BCUT2D eigenvalue weighted by Crippen LogP contribution is -2.45. The molecular weight excluding hydrogens is 266 g/mol.